The number of rotatable bonds is 2. The van der Waals surface area contributed by atoms with Gasteiger partial charge in [-0.15, -0.1) is 0 Å². The van der Waals surface area contributed by atoms with Crippen LogP contribution in [0, 0.1) is 11.3 Å². The summed E-state index contributed by atoms with van der Waals surface area (Å²) < 4.78 is 5.51. The Bertz CT molecular complexity index is 696. The molecule has 1 saturated carbocycles. The van der Waals surface area contributed by atoms with Crippen molar-refractivity contribution in [1.82, 2.24) is 0 Å². The molecule has 3 rings (SSSR count). The molecule has 1 aromatic rings. The van der Waals surface area contributed by atoms with Crippen molar-refractivity contribution in [2.75, 3.05) is 0 Å². The van der Waals surface area contributed by atoms with Gasteiger partial charge < -0.3 is 4.74 Å². The van der Waals surface area contributed by atoms with Gasteiger partial charge in [-0.3, -0.25) is 4.79 Å². The highest BCUT2D eigenvalue weighted by Gasteiger charge is 2.48. The maximum atomic E-state index is 11.5. The average Bonchev–Trinajstić information content (AvgIpc) is 2.44. The number of hydrogen-bond donors (Lipinski definition) is 0. The van der Waals surface area contributed by atoms with Crippen molar-refractivity contribution in [2.24, 2.45) is 11.3 Å². The van der Waals surface area contributed by atoms with Gasteiger partial charge in [0, 0.05) is 12.5 Å². The number of ether oxygens (including phenoxy) is 1. The first kappa shape index (κ1) is 17.3. The number of carbonyl (C=O) groups is 1. The van der Waals surface area contributed by atoms with Gasteiger partial charge in [-0.05, 0) is 52.7 Å². The number of carbonyl (C=O) groups excluding carboxylic acids is 1. The Morgan fingerprint density at radius 1 is 1.21 bits per heavy atom. The lowest BCUT2D eigenvalue weighted by Gasteiger charge is -2.52. The lowest BCUT2D eigenvalue weighted by Crippen LogP contribution is -2.45. The van der Waals surface area contributed by atoms with Crippen LogP contribution in [0.25, 0.3) is 6.08 Å². The van der Waals surface area contributed by atoms with Crippen LogP contribution in [0.15, 0.2) is 18.2 Å². The van der Waals surface area contributed by atoms with E-state index in [2.05, 4.69) is 52.8 Å². The Morgan fingerprint density at radius 2 is 1.92 bits per heavy atom. The molecule has 0 aromatic heterocycles. The summed E-state index contributed by atoms with van der Waals surface area (Å²) in [5.41, 5.74) is 4.38. The second-order valence-electron chi connectivity index (χ2n) is 8.78. The molecule has 2 nitrogen and oxygen atoms in total. The molecular weight excluding hydrogens is 296 g/mol. The highest BCUT2D eigenvalue weighted by atomic mass is 16.5. The molecule has 2 unspecified atom stereocenters. The molecule has 0 heterocycles. The van der Waals surface area contributed by atoms with Gasteiger partial charge in [-0.1, -0.05) is 59.3 Å². The number of benzene rings is 1. The third-order valence-corrected chi connectivity index (χ3v) is 6.19. The summed E-state index contributed by atoms with van der Waals surface area (Å²) >= 11 is 0. The molecule has 0 amide bonds. The molecule has 1 aromatic carbocycles. The average molecular weight is 326 g/mol. The third-order valence-electron chi connectivity index (χ3n) is 6.19. The highest BCUT2D eigenvalue weighted by Crippen LogP contribution is 2.57. The van der Waals surface area contributed by atoms with Crippen LogP contribution < -0.4 is 4.74 Å². The predicted molar refractivity (Wildman–Crippen MR) is 99.3 cm³/mol. The summed E-state index contributed by atoms with van der Waals surface area (Å²) in [4.78, 5) is 11.5. The van der Waals surface area contributed by atoms with Crippen LogP contribution in [0.2, 0.25) is 0 Å². The van der Waals surface area contributed by atoms with Crippen molar-refractivity contribution < 1.29 is 9.53 Å². The lowest BCUT2D eigenvalue weighted by molar-refractivity contribution is -0.131. The number of esters is 1. The molecule has 1 fully saturated rings. The molecule has 0 bridgehead atoms. The van der Waals surface area contributed by atoms with Gasteiger partial charge >= 0.3 is 5.97 Å². The van der Waals surface area contributed by atoms with Crippen LogP contribution >= 0.6 is 0 Å². The molecule has 2 heteroatoms. The Balaban J connectivity index is 2.19. The summed E-state index contributed by atoms with van der Waals surface area (Å²) in [6, 6.07) is 4.22. The van der Waals surface area contributed by atoms with E-state index >= 15 is 0 Å². The first-order chi connectivity index (χ1) is 11.2. The Morgan fingerprint density at radius 3 is 2.54 bits per heavy atom. The Hall–Kier alpha value is -1.57. The van der Waals surface area contributed by atoms with E-state index in [-0.39, 0.29) is 11.4 Å². The van der Waals surface area contributed by atoms with Crippen molar-refractivity contribution >= 4 is 12.0 Å². The van der Waals surface area contributed by atoms with Gasteiger partial charge in [-0.2, -0.15) is 0 Å². The minimum absolute atomic E-state index is 0.171. The second-order valence-corrected chi connectivity index (χ2v) is 8.78. The van der Waals surface area contributed by atoms with Crippen LogP contribution in [0.5, 0.6) is 5.75 Å². The van der Waals surface area contributed by atoms with Crippen molar-refractivity contribution in [3.05, 3.63) is 34.9 Å². The van der Waals surface area contributed by atoms with Gasteiger partial charge in [0.15, 0.2) is 0 Å². The maximum Gasteiger partial charge on any atom is 0.308 e. The molecule has 2 atom stereocenters. The topological polar surface area (TPSA) is 26.3 Å². The fourth-order valence-electron chi connectivity index (χ4n) is 5.19. The van der Waals surface area contributed by atoms with E-state index in [4.69, 9.17) is 4.74 Å². The van der Waals surface area contributed by atoms with E-state index in [1.807, 2.05) is 6.07 Å². The summed E-state index contributed by atoms with van der Waals surface area (Å²) in [5, 5.41) is 0. The van der Waals surface area contributed by atoms with Crippen molar-refractivity contribution in [1.29, 1.82) is 0 Å². The van der Waals surface area contributed by atoms with Gasteiger partial charge in [-0.25, -0.2) is 0 Å². The zero-order chi connectivity index (χ0) is 17.7. The van der Waals surface area contributed by atoms with Crippen molar-refractivity contribution in [3.8, 4) is 5.75 Å². The Kier molecular flexibility index (Phi) is 4.14. The van der Waals surface area contributed by atoms with E-state index in [0.717, 1.165) is 5.75 Å². The predicted octanol–water partition coefficient (Wildman–Crippen LogP) is 5.85. The van der Waals surface area contributed by atoms with Crippen molar-refractivity contribution in [2.45, 2.75) is 72.1 Å². The van der Waals surface area contributed by atoms with E-state index in [0.29, 0.717) is 17.3 Å². The number of allylic oxidation sites excluding steroid dienone is 1. The molecule has 2 aliphatic rings. The number of hydrogen-bond acceptors (Lipinski definition) is 2. The highest BCUT2D eigenvalue weighted by molar-refractivity contribution is 5.73. The first-order valence-corrected chi connectivity index (χ1v) is 9.21. The maximum absolute atomic E-state index is 11.5. The first-order valence-electron chi connectivity index (χ1n) is 9.21. The van der Waals surface area contributed by atoms with Crippen LogP contribution in [0.3, 0.4) is 0 Å². The molecular formula is C22H30O2. The molecule has 130 valence electrons. The smallest absolute Gasteiger partial charge is 0.308 e. The fraction of sp³-hybridized carbons (Fsp3) is 0.591. The van der Waals surface area contributed by atoms with Gasteiger partial charge in [0.1, 0.15) is 5.75 Å². The summed E-state index contributed by atoms with van der Waals surface area (Å²) in [6.07, 6.45) is 8.50. The van der Waals surface area contributed by atoms with E-state index in [1.165, 1.54) is 42.9 Å². The van der Waals surface area contributed by atoms with Crippen LogP contribution in [-0.2, 0) is 10.2 Å². The fourth-order valence-corrected chi connectivity index (χ4v) is 5.19. The molecule has 0 saturated heterocycles. The zero-order valence-corrected chi connectivity index (χ0v) is 15.9. The minimum atomic E-state index is -0.250. The normalized spacial score (nSPS) is 27.5. The van der Waals surface area contributed by atoms with Gasteiger partial charge in [0.2, 0.25) is 0 Å². The molecule has 0 N–H and O–H groups in total. The second kappa shape index (κ2) is 5.75. The molecule has 24 heavy (non-hydrogen) atoms. The molecule has 2 aliphatic carbocycles. The monoisotopic (exact) mass is 326 g/mol. The number of fused-ring (bicyclic) bond motifs is 3. The quantitative estimate of drug-likeness (QED) is 0.503. The van der Waals surface area contributed by atoms with Gasteiger partial charge in [0.25, 0.3) is 0 Å². The summed E-state index contributed by atoms with van der Waals surface area (Å²) in [5.74, 6) is 1.35. The molecule has 0 aliphatic heterocycles. The standard InChI is InChI=1S/C22H30O2/c1-14(2)20-16-8-11-19-21(4,5)12-7-13-22(19,6)17(16)9-10-18(20)24-15(3)23/h8-11,14,19H,7,12-13H2,1-6H3. The Labute approximate surface area is 146 Å². The minimum Gasteiger partial charge on any atom is -0.426 e. The lowest BCUT2D eigenvalue weighted by atomic mass is 9.52. The zero-order valence-electron chi connectivity index (χ0n) is 15.9. The van der Waals surface area contributed by atoms with E-state index in [9.17, 15) is 4.79 Å². The summed E-state index contributed by atoms with van der Waals surface area (Å²) in [7, 11) is 0. The summed E-state index contributed by atoms with van der Waals surface area (Å²) in [6.45, 7) is 13.1. The van der Waals surface area contributed by atoms with Crippen LogP contribution in [-0.4, -0.2) is 5.97 Å². The largest absolute Gasteiger partial charge is 0.426 e. The van der Waals surface area contributed by atoms with E-state index < -0.39 is 0 Å². The molecule has 0 radical (unpaired) electrons. The van der Waals surface area contributed by atoms with Gasteiger partial charge in [0.05, 0.1) is 0 Å². The third kappa shape index (κ3) is 2.60. The van der Waals surface area contributed by atoms with Crippen LogP contribution in [0.1, 0.15) is 83.4 Å². The molecule has 0 spiro atoms. The SMILES string of the molecule is CC(=O)Oc1ccc2c(c1C(C)C)C=CC1C(C)(C)CCCC21C. The van der Waals surface area contributed by atoms with E-state index in [1.54, 1.807) is 0 Å². The van der Waals surface area contributed by atoms with Crippen LogP contribution in [0.4, 0.5) is 0 Å². The van der Waals surface area contributed by atoms with Crippen molar-refractivity contribution in [3.63, 3.8) is 0 Å².